The van der Waals surface area contributed by atoms with Crippen LogP contribution in [0.15, 0.2) is 24.3 Å². The predicted octanol–water partition coefficient (Wildman–Crippen LogP) is 3.16. The zero-order valence-electron chi connectivity index (χ0n) is 35.9. The number of aldehydes is 1. The first-order valence-electron chi connectivity index (χ1n) is 20.6. The van der Waals surface area contributed by atoms with Crippen LogP contribution in [0.1, 0.15) is 99.8 Å². The molecular formula is C42H69NO15. The van der Waals surface area contributed by atoms with Gasteiger partial charge in [-0.25, -0.2) is 0 Å². The number of hydrogen-bond donors (Lipinski definition) is 3. The summed E-state index contributed by atoms with van der Waals surface area (Å²) in [4.78, 5) is 52.5. The predicted molar refractivity (Wildman–Crippen MR) is 210 cm³/mol. The molecule has 16 atom stereocenters. The number of ether oxygens (including phenoxy) is 8. The van der Waals surface area contributed by atoms with Crippen molar-refractivity contribution >= 4 is 24.2 Å². The number of allylic oxidation sites excluding steroid dienone is 2. The number of carbonyl (C=O) groups excluding carboxylic acids is 4. The highest BCUT2D eigenvalue weighted by Crippen LogP contribution is 2.38. The van der Waals surface area contributed by atoms with Gasteiger partial charge in [-0.1, -0.05) is 45.1 Å². The molecule has 3 heterocycles. The Morgan fingerprint density at radius 3 is 2.29 bits per heavy atom. The summed E-state index contributed by atoms with van der Waals surface area (Å²) in [6.07, 6.45) is -3.41. The number of carbonyl (C=O) groups is 4. The summed E-state index contributed by atoms with van der Waals surface area (Å²) in [6, 6.07) is -0.779. The van der Waals surface area contributed by atoms with Gasteiger partial charge >= 0.3 is 17.9 Å². The number of hydrogen-bond acceptors (Lipinski definition) is 16. The normalized spacial score (nSPS) is 39.5. The maximum absolute atomic E-state index is 13.3. The van der Waals surface area contributed by atoms with Gasteiger partial charge in [0.15, 0.2) is 18.7 Å². The summed E-state index contributed by atoms with van der Waals surface area (Å²) in [5.74, 6) is -2.79. The van der Waals surface area contributed by atoms with Crippen molar-refractivity contribution in [1.82, 2.24) is 4.90 Å². The summed E-state index contributed by atoms with van der Waals surface area (Å²) in [5, 5.41) is 34.6. The molecule has 0 aromatic carbocycles. The van der Waals surface area contributed by atoms with Crippen molar-refractivity contribution in [2.75, 3.05) is 21.2 Å². The Balaban J connectivity index is 2.00. The Kier molecular flexibility index (Phi) is 19.9. The molecule has 2 saturated heterocycles. The van der Waals surface area contributed by atoms with Crippen LogP contribution in [-0.2, 0) is 57.1 Å². The third-order valence-corrected chi connectivity index (χ3v) is 11.1. The lowest BCUT2D eigenvalue weighted by molar-refractivity contribution is -0.344. The number of nitrogens with zero attached hydrogens (tertiary/aromatic N) is 1. The number of rotatable bonds is 13. The maximum Gasteiger partial charge on any atom is 0.309 e. The van der Waals surface area contributed by atoms with E-state index in [0.29, 0.717) is 12.8 Å². The van der Waals surface area contributed by atoms with E-state index < -0.39 is 121 Å². The van der Waals surface area contributed by atoms with Crippen LogP contribution < -0.4 is 0 Å². The number of esters is 3. The van der Waals surface area contributed by atoms with E-state index in [0.717, 1.165) is 6.29 Å². The Morgan fingerprint density at radius 1 is 0.983 bits per heavy atom. The summed E-state index contributed by atoms with van der Waals surface area (Å²) < 4.78 is 48.7. The molecule has 0 aliphatic carbocycles. The standard InChI is InChI=1S/C42H69NO15/c1-11-16-32(47)56-40-27(6)53-34(23-42(40,7)50)57-37-26(5)54-41(36(49)35(37)43(8)9)58-38-28(19-20-44)21-24(3)29(45)18-15-13-14-17-25(4)52-33(48)22-30(39(38)51-10)55-31(46)12-2/h13-15,18,20,24-30,34-41,45,49-50H,11-12,16-17,19,21-23H2,1-10H3/t24-,25-,26?,27?,28+,29?,30-,34?,35?,36?,37?,38+,39+,40?,41?,42?/m1/s1. The minimum atomic E-state index is -1.49. The SMILES string of the molecule is CCCC(=O)OC1C(C)OC(OC2C(C)OC(O[C@H]3[C@@H](CC=O)C[C@@H](C)C(O)C=CC=CC[C@@H](C)OC(=O)C[C@@H](OC(=O)CC)[C@@H]3OC)C(O)C2N(C)C)CC1(C)O. The number of aliphatic hydroxyl groups is 3. The summed E-state index contributed by atoms with van der Waals surface area (Å²) in [6.45, 7) is 12.0. The lowest BCUT2D eigenvalue weighted by Crippen LogP contribution is -2.66. The van der Waals surface area contributed by atoms with E-state index in [9.17, 15) is 34.5 Å². The molecule has 16 nitrogen and oxygen atoms in total. The average molecular weight is 828 g/mol. The van der Waals surface area contributed by atoms with Gasteiger partial charge < -0.3 is 62.9 Å². The van der Waals surface area contributed by atoms with Gasteiger partial charge in [0.1, 0.15) is 42.4 Å². The fraction of sp³-hybridized carbons (Fsp3) is 0.810. The smallest absolute Gasteiger partial charge is 0.309 e. The number of aliphatic hydroxyl groups excluding tert-OH is 2. The summed E-state index contributed by atoms with van der Waals surface area (Å²) in [7, 11) is 4.87. The molecule has 0 amide bonds. The van der Waals surface area contributed by atoms with Crippen LogP contribution in [0.25, 0.3) is 0 Å². The van der Waals surface area contributed by atoms with Gasteiger partial charge in [-0.05, 0) is 66.5 Å². The maximum atomic E-state index is 13.3. The molecule has 0 saturated carbocycles. The van der Waals surface area contributed by atoms with Crippen molar-refractivity contribution in [2.45, 2.75) is 185 Å². The molecule has 0 aromatic rings. The van der Waals surface area contributed by atoms with Crippen LogP contribution in [0.5, 0.6) is 0 Å². The van der Waals surface area contributed by atoms with E-state index in [4.69, 9.17) is 37.9 Å². The molecule has 3 aliphatic rings. The largest absolute Gasteiger partial charge is 0.462 e. The molecule has 0 spiro atoms. The molecule has 3 rings (SSSR count). The van der Waals surface area contributed by atoms with Gasteiger partial charge in [-0.3, -0.25) is 14.4 Å². The van der Waals surface area contributed by atoms with E-state index in [2.05, 4.69) is 0 Å². The van der Waals surface area contributed by atoms with Crippen LogP contribution in [0.3, 0.4) is 0 Å². The summed E-state index contributed by atoms with van der Waals surface area (Å²) >= 11 is 0. The van der Waals surface area contributed by atoms with E-state index >= 15 is 0 Å². The lowest BCUT2D eigenvalue weighted by atomic mass is 9.82. The minimum Gasteiger partial charge on any atom is -0.462 e. The fourth-order valence-corrected chi connectivity index (χ4v) is 8.00. The second kappa shape index (κ2) is 23.3. The molecule has 0 aromatic heterocycles. The molecule has 0 radical (unpaired) electrons. The first-order chi connectivity index (χ1) is 27.4. The molecule has 3 aliphatic heterocycles. The van der Waals surface area contributed by atoms with Crippen molar-refractivity contribution in [3.05, 3.63) is 24.3 Å². The molecule has 332 valence electrons. The van der Waals surface area contributed by atoms with Gasteiger partial charge in [0.25, 0.3) is 0 Å². The number of cyclic esters (lactones) is 1. The molecule has 58 heavy (non-hydrogen) atoms. The molecule has 0 bridgehead atoms. The van der Waals surface area contributed by atoms with E-state index in [1.54, 1.807) is 71.8 Å². The van der Waals surface area contributed by atoms with Gasteiger partial charge in [0.05, 0.1) is 36.9 Å². The molecule has 10 unspecified atom stereocenters. The average Bonchev–Trinajstić information content (AvgIpc) is 3.13. The molecule has 3 N–H and O–H groups in total. The zero-order chi connectivity index (χ0) is 43.3. The first-order valence-corrected chi connectivity index (χ1v) is 20.6. The van der Waals surface area contributed by atoms with Crippen LogP contribution in [0.4, 0.5) is 0 Å². The van der Waals surface area contributed by atoms with Crippen molar-refractivity contribution in [3.63, 3.8) is 0 Å². The second-order valence-corrected chi connectivity index (χ2v) is 16.3. The number of likely N-dealkylation sites (N-methyl/N-ethyl adjacent to an activating group) is 1. The lowest BCUT2D eigenvalue weighted by Gasteiger charge is -2.50. The quantitative estimate of drug-likeness (QED) is 0.139. The monoisotopic (exact) mass is 827 g/mol. The highest BCUT2D eigenvalue weighted by molar-refractivity contribution is 5.72. The zero-order valence-corrected chi connectivity index (χ0v) is 35.9. The summed E-state index contributed by atoms with van der Waals surface area (Å²) in [5.41, 5.74) is -1.49. The van der Waals surface area contributed by atoms with Gasteiger partial charge in [0.2, 0.25) is 0 Å². The van der Waals surface area contributed by atoms with E-state index in [-0.39, 0.29) is 32.1 Å². The second-order valence-electron chi connectivity index (χ2n) is 16.3. The van der Waals surface area contributed by atoms with Gasteiger partial charge in [-0.15, -0.1) is 0 Å². The third kappa shape index (κ3) is 13.9. The van der Waals surface area contributed by atoms with Crippen molar-refractivity contribution in [1.29, 1.82) is 0 Å². The fourth-order valence-electron chi connectivity index (χ4n) is 8.00. The van der Waals surface area contributed by atoms with Crippen LogP contribution in [-0.4, -0.2) is 151 Å². The van der Waals surface area contributed by atoms with Crippen molar-refractivity contribution in [2.24, 2.45) is 11.8 Å². The molecule has 2 fully saturated rings. The molecule has 16 heteroatoms. The van der Waals surface area contributed by atoms with E-state index in [1.807, 2.05) is 19.9 Å². The van der Waals surface area contributed by atoms with Crippen LogP contribution >= 0.6 is 0 Å². The number of methoxy groups -OCH3 is 1. The topological polar surface area (TPSA) is 206 Å². The minimum absolute atomic E-state index is 0.000517. The third-order valence-electron chi connectivity index (χ3n) is 11.1. The van der Waals surface area contributed by atoms with Gasteiger partial charge in [0, 0.05) is 39.2 Å². The van der Waals surface area contributed by atoms with Gasteiger partial charge in [-0.2, -0.15) is 0 Å². The Labute approximate surface area is 343 Å². The Morgan fingerprint density at radius 2 is 1.69 bits per heavy atom. The highest BCUT2D eigenvalue weighted by Gasteiger charge is 2.53. The first kappa shape index (κ1) is 49.6. The van der Waals surface area contributed by atoms with E-state index in [1.165, 1.54) is 7.11 Å². The van der Waals surface area contributed by atoms with Crippen LogP contribution in [0.2, 0.25) is 0 Å². The Bertz CT molecular complexity index is 1370. The van der Waals surface area contributed by atoms with Crippen molar-refractivity contribution < 1.29 is 72.4 Å². The highest BCUT2D eigenvalue weighted by atomic mass is 16.7. The molecular weight excluding hydrogens is 758 g/mol. The van der Waals surface area contributed by atoms with Crippen LogP contribution in [0, 0.1) is 11.8 Å². The van der Waals surface area contributed by atoms with Crippen molar-refractivity contribution in [3.8, 4) is 0 Å². The Hall–Kier alpha value is -2.80.